The molecule has 1 N–H and O–H groups in total. The van der Waals surface area contributed by atoms with E-state index < -0.39 is 0 Å². The normalized spacial score (nSPS) is 12.9. The standard InChI is InChI=1S/C14H18INS2/c1-4-5-16-14(11-7-13(15)17-8-11)12-6-9(2)18-10(12)3/h6-8,14,16H,4-5H2,1-3H3. The smallest absolute Gasteiger partial charge is 0.0656 e. The quantitative estimate of drug-likeness (QED) is 0.698. The molecule has 2 rings (SSSR count). The van der Waals surface area contributed by atoms with Crippen molar-refractivity contribution in [3.63, 3.8) is 0 Å². The number of thiophene rings is 2. The van der Waals surface area contributed by atoms with Crippen molar-refractivity contribution >= 4 is 45.3 Å². The van der Waals surface area contributed by atoms with Crippen molar-refractivity contribution in [3.8, 4) is 0 Å². The monoisotopic (exact) mass is 391 g/mol. The van der Waals surface area contributed by atoms with Gasteiger partial charge < -0.3 is 5.32 Å². The second kappa shape index (κ2) is 6.50. The summed E-state index contributed by atoms with van der Waals surface area (Å²) in [5, 5.41) is 5.96. The Bertz CT molecular complexity index is 516. The third kappa shape index (κ3) is 3.35. The molecule has 0 aliphatic rings. The molecule has 18 heavy (non-hydrogen) atoms. The molecule has 0 saturated heterocycles. The van der Waals surface area contributed by atoms with Gasteiger partial charge in [-0.2, -0.15) is 0 Å². The number of nitrogens with one attached hydrogen (secondary N) is 1. The molecule has 98 valence electrons. The average molecular weight is 391 g/mol. The summed E-state index contributed by atoms with van der Waals surface area (Å²) in [5.41, 5.74) is 2.85. The molecule has 0 bridgehead atoms. The number of hydrogen-bond donors (Lipinski definition) is 1. The van der Waals surface area contributed by atoms with Crippen molar-refractivity contribution in [2.75, 3.05) is 6.54 Å². The summed E-state index contributed by atoms with van der Waals surface area (Å²) in [7, 11) is 0. The van der Waals surface area contributed by atoms with Crippen LogP contribution in [0, 0.1) is 16.7 Å². The fourth-order valence-corrected chi connectivity index (χ4v) is 4.47. The van der Waals surface area contributed by atoms with Crippen molar-refractivity contribution < 1.29 is 0 Å². The molecule has 4 heteroatoms. The topological polar surface area (TPSA) is 12.0 Å². The summed E-state index contributed by atoms with van der Waals surface area (Å²) in [6.45, 7) is 7.69. The Kier molecular flexibility index (Phi) is 5.24. The molecule has 0 amide bonds. The third-order valence-corrected chi connectivity index (χ3v) is 5.70. The average Bonchev–Trinajstić information content (AvgIpc) is 2.87. The zero-order valence-corrected chi connectivity index (χ0v) is 14.7. The molecule has 1 nitrogen and oxygen atoms in total. The minimum Gasteiger partial charge on any atom is -0.306 e. The maximum Gasteiger partial charge on any atom is 0.0656 e. The van der Waals surface area contributed by atoms with Gasteiger partial charge >= 0.3 is 0 Å². The summed E-state index contributed by atoms with van der Waals surface area (Å²) < 4.78 is 1.36. The molecule has 0 aliphatic heterocycles. The van der Waals surface area contributed by atoms with E-state index in [1.165, 1.54) is 30.2 Å². The first-order chi connectivity index (χ1) is 8.61. The number of hydrogen-bond acceptors (Lipinski definition) is 3. The molecule has 0 aromatic carbocycles. The van der Waals surface area contributed by atoms with Crippen LogP contribution in [-0.4, -0.2) is 6.54 Å². The molecule has 0 fully saturated rings. The lowest BCUT2D eigenvalue weighted by atomic mass is 10.0. The van der Waals surface area contributed by atoms with Crippen molar-refractivity contribution in [2.24, 2.45) is 0 Å². The Balaban J connectivity index is 2.33. The number of rotatable bonds is 5. The highest BCUT2D eigenvalue weighted by Crippen LogP contribution is 2.33. The summed E-state index contributed by atoms with van der Waals surface area (Å²) in [4.78, 5) is 2.83. The van der Waals surface area contributed by atoms with Gasteiger partial charge in [-0.15, -0.1) is 22.7 Å². The summed E-state index contributed by atoms with van der Waals surface area (Å²) in [6, 6.07) is 4.98. The fraction of sp³-hybridized carbons (Fsp3) is 0.429. The summed E-state index contributed by atoms with van der Waals surface area (Å²) in [5.74, 6) is 0. The Labute approximate surface area is 131 Å². The van der Waals surface area contributed by atoms with E-state index in [1.807, 2.05) is 22.7 Å². The summed E-state index contributed by atoms with van der Waals surface area (Å²) in [6.07, 6.45) is 1.17. The van der Waals surface area contributed by atoms with Gasteiger partial charge in [-0.25, -0.2) is 0 Å². The fourth-order valence-electron chi connectivity index (χ4n) is 2.11. The van der Waals surface area contributed by atoms with Crippen molar-refractivity contribution in [1.82, 2.24) is 5.32 Å². The van der Waals surface area contributed by atoms with Crippen LogP contribution in [0.1, 0.15) is 40.3 Å². The maximum atomic E-state index is 3.68. The van der Waals surface area contributed by atoms with E-state index in [4.69, 9.17) is 0 Å². The third-order valence-electron chi connectivity index (χ3n) is 2.91. The predicted octanol–water partition coefficient (Wildman–Crippen LogP) is 5.12. The van der Waals surface area contributed by atoms with Gasteiger partial charge in [0.1, 0.15) is 0 Å². The van der Waals surface area contributed by atoms with E-state index >= 15 is 0 Å². The lowest BCUT2D eigenvalue weighted by Crippen LogP contribution is -2.22. The zero-order chi connectivity index (χ0) is 13.1. The Morgan fingerprint density at radius 1 is 1.33 bits per heavy atom. The highest BCUT2D eigenvalue weighted by molar-refractivity contribution is 14.1. The lowest BCUT2D eigenvalue weighted by Gasteiger charge is -2.17. The minimum absolute atomic E-state index is 0.356. The highest BCUT2D eigenvalue weighted by atomic mass is 127. The first kappa shape index (κ1) is 14.5. The van der Waals surface area contributed by atoms with Crippen LogP contribution in [0.2, 0.25) is 0 Å². The van der Waals surface area contributed by atoms with Gasteiger partial charge in [0, 0.05) is 9.75 Å². The first-order valence-electron chi connectivity index (χ1n) is 6.16. The number of halogens is 1. The van der Waals surface area contributed by atoms with Gasteiger partial charge in [-0.05, 0) is 78.0 Å². The first-order valence-corrected chi connectivity index (χ1v) is 8.93. The predicted molar refractivity (Wildman–Crippen MR) is 91.0 cm³/mol. The number of aryl methyl sites for hydroxylation is 2. The maximum absolute atomic E-state index is 3.68. The molecule has 0 aliphatic carbocycles. The van der Waals surface area contributed by atoms with E-state index in [-0.39, 0.29) is 0 Å². The van der Waals surface area contributed by atoms with Gasteiger partial charge in [0.05, 0.1) is 8.93 Å². The molecule has 2 heterocycles. The highest BCUT2D eigenvalue weighted by Gasteiger charge is 2.18. The molecule has 2 aromatic rings. The zero-order valence-electron chi connectivity index (χ0n) is 10.9. The van der Waals surface area contributed by atoms with Gasteiger partial charge in [0.25, 0.3) is 0 Å². The van der Waals surface area contributed by atoms with Crippen LogP contribution in [0.15, 0.2) is 17.5 Å². The molecule has 0 radical (unpaired) electrons. The molecule has 1 unspecified atom stereocenters. The molecular formula is C14H18INS2. The Morgan fingerprint density at radius 3 is 2.61 bits per heavy atom. The SMILES string of the molecule is CCCNC(c1csc(I)c1)c1cc(C)sc1C. The van der Waals surface area contributed by atoms with Crippen LogP contribution in [0.3, 0.4) is 0 Å². The van der Waals surface area contributed by atoms with Crippen LogP contribution >= 0.6 is 45.3 Å². The Hall–Kier alpha value is 0.0900. The van der Waals surface area contributed by atoms with E-state index in [1.54, 1.807) is 0 Å². The molecule has 2 aromatic heterocycles. The van der Waals surface area contributed by atoms with Gasteiger partial charge in [0.2, 0.25) is 0 Å². The van der Waals surface area contributed by atoms with Gasteiger partial charge in [-0.1, -0.05) is 6.92 Å². The minimum atomic E-state index is 0.356. The van der Waals surface area contributed by atoms with Crippen LogP contribution in [0.4, 0.5) is 0 Å². The van der Waals surface area contributed by atoms with Crippen LogP contribution in [0.25, 0.3) is 0 Å². The lowest BCUT2D eigenvalue weighted by molar-refractivity contribution is 0.599. The molecule has 0 spiro atoms. The van der Waals surface area contributed by atoms with Gasteiger partial charge in [0.15, 0.2) is 0 Å². The summed E-state index contributed by atoms with van der Waals surface area (Å²) >= 11 is 6.12. The largest absolute Gasteiger partial charge is 0.306 e. The molecular weight excluding hydrogens is 373 g/mol. The van der Waals surface area contributed by atoms with Crippen LogP contribution in [0.5, 0.6) is 0 Å². The molecule has 0 saturated carbocycles. The van der Waals surface area contributed by atoms with E-state index in [9.17, 15) is 0 Å². The van der Waals surface area contributed by atoms with E-state index in [2.05, 4.69) is 66.2 Å². The van der Waals surface area contributed by atoms with Crippen molar-refractivity contribution in [1.29, 1.82) is 0 Å². The van der Waals surface area contributed by atoms with Crippen molar-refractivity contribution in [2.45, 2.75) is 33.2 Å². The Morgan fingerprint density at radius 2 is 2.11 bits per heavy atom. The second-order valence-corrected chi connectivity index (χ2v) is 8.71. The second-order valence-electron chi connectivity index (χ2n) is 4.44. The van der Waals surface area contributed by atoms with Gasteiger partial charge in [-0.3, -0.25) is 0 Å². The molecule has 1 atom stereocenters. The van der Waals surface area contributed by atoms with E-state index in [0.717, 1.165) is 6.54 Å². The van der Waals surface area contributed by atoms with Crippen LogP contribution < -0.4 is 5.32 Å². The van der Waals surface area contributed by atoms with E-state index in [0.29, 0.717) is 6.04 Å². The van der Waals surface area contributed by atoms with Crippen molar-refractivity contribution in [3.05, 3.63) is 41.3 Å². The van der Waals surface area contributed by atoms with Crippen LogP contribution in [-0.2, 0) is 0 Å².